The Morgan fingerprint density at radius 3 is 2.68 bits per heavy atom. The van der Waals surface area contributed by atoms with Gasteiger partial charge in [0.2, 0.25) is 11.8 Å². The van der Waals surface area contributed by atoms with Crippen LogP contribution in [0.25, 0.3) is 0 Å². The van der Waals surface area contributed by atoms with E-state index in [1.807, 2.05) is 48.4 Å². The molecule has 3 heterocycles. The van der Waals surface area contributed by atoms with Gasteiger partial charge < -0.3 is 10.2 Å². The second-order valence-corrected chi connectivity index (χ2v) is 9.30. The lowest BCUT2D eigenvalue weighted by Gasteiger charge is -2.31. The number of hydrogen-bond donors (Lipinski definition) is 1. The molecule has 0 bridgehead atoms. The minimum Gasteiger partial charge on any atom is -0.351 e. The quantitative estimate of drug-likeness (QED) is 0.674. The van der Waals surface area contributed by atoms with Gasteiger partial charge in [0, 0.05) is 36.4 Å². The average molecular weight is 439 g/mol. The first-order chi connectivity index (χ1) is 15.1. The van der Waals surface area contributed by atoms with Crippen molar-refractivity contribution >= 4 is 23.6 Å². The molecule has 6 nitrogen and oxygen atoms in total. The number of pyridine rings is 1. The van der Waals surface area contributed by atoms with Crippen LogP contribution in [0.3, 0.4) is 0 Å². The molecule has 1 aromatic heterocycles. The number of carbonyl (C=O) groups is 2. The van der Waals surface area contributed by atoms with Crippen molar-refractivity contribution in [2.75, 3.05) is 31.9 Å². The van der Waals surface area contributed by atoms with E-state index in [4.69, 9.17) is 0 Å². The van der Waals surface area contributed by atoms with Crippen LogP contribution in [0.2, 0.25) is 0 Å². The van der Waals surface area contributed by atoms with Crippen LogP contribution in [-0.2, 0) is 29.1 Å². The van der Waals surface area contributed by atoms with Gasteiger partial charge in [0.25, 0.3) is 0 Å². The van der Waals surface area contributed by atoms with Gasteiger partial charge in [-0.2, -0.15) is 0 Å². The topological polar surface area (TPSA) is 65.5 Å². The van der Waals surface area contributed by atoms with Crippen LogP contribution in [0.15, 0.2) is 41.4 Å². The molecule has 2 aliphatic heterocycles. The van der Waals surface area contributed by atoms with Crippen molar-refractivity contribution in [3.8, 4) is 0 Å². The third-order valence-electron chi connectivity index (χ3n) is 6.08. The van der Waals surface area contributed by atoms with Crippen molar-refractivity contribution in [3.63, 3.8) is 0 Å². The minimum atomic E-state index is 0.0177. The molecule has 1 N–H and O–H groups in total. The van der Waals surface area contributed by atoms with Gasteiger partial charge in [0.1, 0.15) is 0 Å². The molecule has 0 aliphatic carbocycles. The highest BCUT2D eigenvalue weighted by Gasteiger charge is 2.26. The molecule has 0 radical (unpaired) electrons. The molecule has 7 heteroatoms. The molecule has 31 heavy (non-hydrogen) atoms. The van der Waals surface area contributed by atoms with E-state index in [0.29, 0.717) is 25.4 Å². The van der Waals surface area contributed by atoms with Crippen molar-refractivity contribution in [1.82, 2.24) is 20.1 Å². The number of rotatable bonds is 7. The molecule has 2 aliphatic rings. The molecule has 4 rings (SSSR count). The lowest BCUT2D eigenvalue weighted by atomic mass is 9.95. The zero-order valence-corrected chi connectivity index (χ0v) is 18.9. The molecule has 0 saturated carbocycles. The molecular formula is C24H30N4O2S. The normalized spacial score (nSPS) is 16.2. The first-order valence-electron chi connectivity index (χ1n) is 11.0. The number of carbonyl (C=O) groups excluding carboxylic acids is 2. The van der Waals surface area contributed by atoms with E-state index >= 15 is 0 Å². The highest BCUT2D eigenvalue weighted by Crippen LogP contribution is 2.24. The summed E-state index contributed by atoms with van der Waals surface area (Å²) in [7, 11) is 0. The molecule has 0 atom stereocenters. The third-order valence-corrected chi connectivity index (χ3v) is 7.09. The zero-order valence-electron chi connectivity index (χ0n) is 18.1. The monoisotopic (exact) mass is 438 g/mol. The van der Waals surface area contributed by atoms with Gasteiger partial charge in [-0.15, -0.1) is 11.8 Å². The number of nitrogens with zero attached hydrogens (tertiary/aromatic N) is 3. The molecule has 0 spiro atoms. The predicted octanol–water partition coefficient (Wildman–Crippen LogP) is 2.78. The standard InChI is InChI=1S/C24H30N4O2S/c1-18-22(14-26-23(29)17-31-20-7-3-2-4-8-20)21-9-12-28(15-19(21)13-25-18)24(30)16-27-10-5-6-11-27/h2-4,7-8,13H,5-6,9-12,14-17H2,1H3,(H,26,29). The Hall–Kier alpha value is -2.38. The lowest BCUT2D eigenvalue weighted by molar-refractivity contribution is -0.133. The van der Waals surface area contributed by atoms with Crippen molar-refractivity contribution in [2.45, 2.75) is 44.2 Å². The van der Waals surface area contributed by atoms with Crippen molar-refractivity contribution in [2.24, 2.45) is 0 Å². The average Bonchev–Trinajstić information content (AvgIpc) is 3.30. The van der Waals surface area contributed by atoms with Gasteiger partial charge in [0.05, 0.1) is 12.3 Å². The summed E-state index contributed by atoms with van der Waals surface area (Å²) in [5.41, 5.74) is 4.40. The van der Waals surface area contributed by atoms with Gasteiger partial charge in [-0.05, 0) is 68.1 Å². The minimum absolute atomic E-state index is 0.0177. The molecule has 1 saturated heterocycles. The highest BCUT2D eigenvalue weighted by molar-refractivity contribution is 8.00. The molecule has 1 fully saturated rings. The fourth-order valence-corrected chi connectivity index (χ4v) is 5.05. The fraction of sp³-hybridized carbons (Fsp3) is 0.458. The van der Waals surface area contributed by atoms with E-state index in [-0.39, 0.29) is 11.8 Å². The summed E-state index contributed by atoms with van der Waals surface area (Å²) < 4.78 is 0. The van der Waals surface area contributed by atoms with Crippen molar-refractivity contribution < 1.29 is 9.59 Å². The van der Waals surface area contributed by atoms with Gasteiger partial charge in [0.15, 0.2) is 0 Å². The van der Waals surface area contributed by atoms with E-state index in [9.17, 15) is 9.59 Å². The smallest absolute Gasteiger partial charge is 0.237 e. The summed E-state index contributed by atoms with van der Waals surface area (Å²) in [6, 6.07) is 9.95. The van der Waals surface area contributed by atoms with Crippen LogP contribution in [-0.4, -0.2) is 58.5 Å². The number of benzene rings is 1. The number of amides is 2. The summed E-state index contributed by atoms with van der Waals surface area (Å²) in [6.45, 7) is 6.40. The van der Waals surface area contributed by atoms with Gasteiger partial charge in [-0.1, -0.05) is 18.2 Å². The molecule has 164 valence electrons. The van der Waals surface area contributed by atoms with E-state index in [2.05, 4.69) is 15.2 Å². The van der Waals surface area contributed by atoms with Crippen molar-refractivity contribution in [3.05, 3.63) is 58.9 Å². The Balaban J connectivity index is 1.34. The van der Waals surface area contributed by atoms with Gasteiger partial charge in [-0.3, -0.25) is 19.5 Å². The van der Waals surface area contributed by atoms with Crippen LogP contribution in [0.1, 0.15) is 35.2 Å². The number of thioether (sulfide) groups is 1. The Labute approximate surface area is 188 Å². The SMILES string of the molecule is Cc1ncc2c(c1CNC(=O)CSc1ccccc1)CCN(C(=O)CN1CCCC1)C2. The van der Waals surface area contributed by atoms with Crippen LogP contribution >= 0.6 is 11.8 Å². The highest BCUT2D eigenvalue weighted by atomic mass is 32.2. The number of fused-ring (bicyclic) bond motifs is 1. The van der Waals surface area contributed by atoms with Gasteiger partial charge >= 0.3 is 0 Å². The molecule has 1 aromatic carbocycles. The Morgan fingerprint density at radius 2 is 1.90 bits per heavy atom. The molecular weight excluding hydrogens is 408 g/mol. The van der Waals surface area contributed by atoms with Crippen LogP contribution < -0.4 is 5.32 Å². The largest absolute Gasteiger partial charge is 0.351 e. The Morgan fingerprint density at radius 1 is 1.13 bits per heavy atom. The first kappa shape index (κ1) is 21.8. The van der Waals surface area contributed by atoms with Crippen LogP contribution in [0.5, 0.6) is 0 Å². The number of nitrogens with one attached hydrogen (secondary N) is 1. The van der Waals surface area contributed by atoms with E-state index in [1.54, 1.807) is 0 Å². The summed E-state index contributed by atoms with van der Waals surface area (Å²) in [5.74, 6) is 0.620. The lowest BCUT2D eigenvalue weighted by Crippen LogP contribution is -2.42. The number of aryl methyl sites for hydroxylation is 1. The van der Waals surface area contributed by atoms with Crippen LogP contribution in [0, 0.1) is 6.92 Å². The second kappa shape index (κ2) is 10.3. The van der Waals surface area contributed by atoms with E-state index in [1.165, 1.54) is 30.2 Å². The second-order valence-electron chi connectivity index (χ2n) is 8.25. The maximum Gasteiger partial charge on any atom is 0.237 e. The van der Waals surface area contributed by atoms with E-state index in [0.717, 1.165) is 47.8 Å². The summed E-state index contributed by atoms with van der Waals surface area (Å²) in [5, 5.41) is 3.06. The van der Waals surface area contributed by atoms with Crippen molar-refractivity contribution in [1.29, 1.82) is 0 Å². The van der Waals surface area contributed by atoms with E-state index < -0.39 is 0 Å². The Bertz CT molecular complexity index is 929. The first-order valence-corrected chi connectivity index (χ1v) is 12.0. The predicted molar refractivity (Wildman–Crippen MR) is 123 cm³/mol. The zero-order chi connectivity index (χ0) is 21.6. The number of hydrogen-bond acceptors (Lipinski definition) is 5. The fourth-order valence-electron chi connectivity index (χ4n) is 4.31. The van der Waals surface area contributed by atoms with Gasteiger partial charge in [-0.25, -0.2) is 0 Å². The summed E-state index contributed by atoms with van der Waals surface area (Å²) in [6.07, 6.45) is 5.10. The summed E-state index contributed by atoms with van der Waals surface area (Å²) >= 11 is 1.54. The maximum atomic E-state index is 12.7. The molecule has 0 unspecified atom stereocenters. The third kappa shape index (κ3) is 5.66. The molecule has 2 amide bonds. The Kier molecular flexibility index (Phi) is 7.25. The maximum absolute atomic E-state index is 12.7. The van der Waals surface area contributed by atoms with Crippen LogP contribution in [0.4, 0.5) is 0 Å². The molecule has 2 aromatic rings. The summed E-state index contributed by atoms with van der Waals surface area (Å²) in [4.78, 5) is 34.9. The number of likely N-dealkylation sites (tertiary alicyclic amines) is 1. The number of aromatic nitrogens is 1.